The lowest BCUT2D eigenvalue weighted by Gasteiger charge is -2.44. The van der Waals surface area contributed by atoms with Crippen LogP contribution in [0.3, 0.4) is 0 Å². The number of piperidine rings is 1. The van der Waals surface area contributed by atoms with Gasteiger partial charge in [-0.3, -0.25) is 4.79 Å². The summed E-state index contributed by atoms with van der Waals surface area (Å²) in [5.41, 5.74) is 0.597. The number of nitrogens with one attached hydrogen (secondary N) is 2. The van der Waals surface area contributed by atoms with Gasteiger partial charge in [0, 0.05) is 32.5 Å². The quantitative estimate of drug-likeness (QED) is 0.855. The Hall–Kier alpha value is -3.09. The molecule has 7 heteroatoms. The van der Waals surface area contributed by atoms with Crippen molar-refractivity contribution in [2.75, 3.05) is 13.1 Å². The highest BCUT2D eigenvalue weighted by atomic mass is 19.1. The molecular formula is C20H20FN3O3. The number of carbonyl (C=O) groups excluding carboxylic acids is 2. The molecule has 0 unspecified atom stereocenters. The summed E-state index contributed by atoms with van der Waals surface area (Å²) in [5.74, 6) is 0.129. The number of hydrogen-bond donors (Lipinski definition) is 2. The molecule has 6 nitrogen and oxygen atoms in total. The van der Waals surface area contributed by atoms with Gasteiger partial charge in [0.25, 0.3) is 5.91 Å². The molecule has 0 saturated carbocycles. The normalized spacial score (nSPS) is 17.7. The van der Waals surface area contributed by atoms with Crippen molar-refractivity contribution in [1.29, 1.82) is 0 Å². The molecule has 2 heterocycles. The molecule has 1 saturated heterocycles. The van der Waals surface area contributed by atoms with Crippen molar-refractivity contribution in [3.8, 4) is 5.75 Å². The molecule has 2 aliphatic rings. The summed E-state index contributed by atoms with van der Waals surface area (Å²) in [6, 6.07) is 13.0. The van der Waals surface area contributed by atoms with Crippen molar-refractivity contribution < 1.29 is 18.7 Å². The first-order chi connectivity index (χ1) is 13.0. The fourth-order valence-electron chi connectivity index (χ4n) is 3.44. The molecule has 0 aliphatic carbocycles. The lowest BCUT2D eigenvalue weighted by Crippen LogP contribution is -2.62. The van der Waals surface area contributed by atoms with Crippen LogP contribution in [0, 0.1) is 5.82 Å². The second-order valence-corrected chi connectivity index (χ2v) is 6.82. The van der Waals surface area contributed by atoms with E-state index in [1.165, 1.54) is 12.1 Å². The number of carbonyl (C=O) groups is 2. The number of fused-ring (bicyclic) bond motifs is 1. The second kappa shape index (κ2) is 6.90. The van der Waals surface area contributed by atoms with Gasteiger partial charge in [0.1, 0.15) is 11.6 Å². The zero-order valence-electron chi connectivity index (χ0n) is 14.7. The van der Waals surface area contributed by atoms with Crippen LogP contribution < -0.4 is 15.4 Å². The van der Waals surface area contributed by atoms with E-state index in [1.807, 2.05) is 6.07 Å². The lowest BCUT2D eigenvalue weighted by molar-refractivity contribution is -0.0212. The molecule has 1 spiro atoms. The Labute approximate surface area is 156 Å². The number of rotatable bonds is 2. The van der Waals surface area contributed by atoms with Gasteiger partial charge in [-0.25, -0.2) is 9.18 Å². The molecule has 0 radical (unpaired) electrons. The van der Waals surface area contributed by atoms with Gasteiger partial charge in [-0.15, -0.1) is 0 Å². The average Bonchev–Trinajstić information content (AvgIpc) is 2.68. The van der Waals surface area contributed by atoms with Crippen LogP contribution in [0.15, 0.2) is 48.5 Å². The van der Waals surface area contributed by atoms with E-state index in [1.54, 1.807) is 35.2 Å². The molecule has 0 bridgehead atoms. The van der Waals surface area contributed by atoms with Crippen LogP contribution in [-0.2, 0) is 6.54 Å². The van der Waals surface area contributed by atoms with Gasteiger partial charge in [-0.1, -0.05) is 24.3 Å². The van der Waals surface area contributed by atoms with Crippen LogP contribution in [0.5, 0.6) is 5.75 Å². The Morgan fingerprint density at radius 3 is 2.59 bits per heavy atom. The highest BCUT2D eigenvalue weighted by Crippen LogP contribution is 2.33. The molecule has 0 aromatic heterocycles. The topological polar surface area (TPSA) is 70.7 Å². The van der Waals surface area contributed by atoms with E-state index >= 15 is 0 Å². The third-order valence-electron chi connectivity index (χ3n) is 4.99. The maximum absolute atomic E-state index is 12.9. The number of nitrogens with zero attached hydrogens (tertiary/aromatic N) is 1. The van der Waals surface area contributed by atoms with E-state index in [0.29, 0.717) is 43.8 Å². The van der Waals surface area contributed by atoms with Crippen molar-refractivity contribution in [2.24, 2.45) is 0 Å². The van der Waals surface area contributed by atoms with Gasteiger partial charge in [-0.2, -0.15) is 0 Å². The van der Waals surface area contributed by atoms with Crippen LogP contribution in [0.25, 0.3) is 0 Å². The molecule has 140 valence electrons. The fourth-order valence-corrected chi connectivity index (χ4v) is 3.44. The van der Waals surface area contributed by atoms with E-state index in [0.717, 1.165) is 5.56 Å². The summed E-state index contributed by atoms with van der Waals surface area (Å²) in [6.07, 6.45) is 1.02. The first kappa shape index (κ1) is 17.3. The van der Waals surface area contributed by atoms with Crippen molar-refractivity contribution in [3.05, 3.63) is 65.5 Å². The van der Waals surface area contributed by atoms with Crippen LogP contribution in [0.1, 0.15) is 28.8 Å². The number of benzene rings is 2. The standard InChI is InChI=1S/C20H20FN3O3/c21-15-7-5-14(6-8-15)13-22-19(26)24-11-9-20(10-12-24)23-18(25)16-3-1-2-4-17(16)27-20/h1-8H,9-13H2,(H,22,26)(H,23,25). The summed E-state index contributed by atoms with van der Waals surface area (Å²) < 4.78 is 19.0. The van der Waals surface area contributed by atoms with E-state index < -0.39 is 5.72 Å². The minimum Gasteiger partial charge on any atom is -0.467 e. The smallest absolute Gasteiger partial charge is 0.317 e. The van der Waals surface area contributed by atoms with Crippen molar-refractivity contribution in [1.82, 2.24) is 15.5 Å². The van der Waals surface area contributed by atoms with Crippen molar-refractivity contribution in [3.63, 3.8) is 0 Å². The maximum atomic E-state index is 12.9. The summed E-state index contributed by atoms with van der Waals surface area (Å²) in [4.78, 5) is 26.4. The number of ether oxygens (including phenoxy) is 1. The van der Waals surface area contributed by atoms with Gasteiger partial charge in [-0.05, 0) is 29.8 Å². The van der Waals surface area contributed by atoms with Gasteiger partial charge in [0.15, 0.2) is 5.72 Å². The molecule has 27 heavy (non-hydrogen) atoms. The first-order valence-corrected chi connectivity index (χ1v) is 8.92. The van der Waals surface area contributed by atoms with Gasteiger partial charge in [0.2, 0.25) is 0 Å². The summed E-state index contributed by atoms with van der Waals surface area (Å²) in [7, 11) is 0. The molecule has 2 N–H and O–H groups in total. The summed E-state index contributed by atoms with van der Waals surface area (Å²) in [6.45, 7) is 1.27. The third-order valence-corrected chi connectivity index (χ3v) is 4.99. The summed E-state index contributed by atoms with van der Waals surface area (Å²) >= 11 is 0. The molecular weight excluding hydrogens is 349 g/mol. The number of likely N-dealkylation sites (tertiary alicyclic amines) is 1. The van der Waals surface area contributed by atoms with E-state index in [9.17, 15) is 14.0 Å². The molecule has 2 aromatic rings. The zero-order valence-corrected chi connectivity index (χ0v) is 14.7. The van der Waals surface area contributed by atoms with Crippen LogP contribution in [0.2, 0.25) is 0 Å². The number of para-hydroxylation sites is 1. The Bertz CT molecular complexity index is 861. The maximum Gasteiger partial charge on any atom is 0.317 e. The number of halogens is 1. The van der Waals surface area contributed by atoms with E-state index in [4.69, 9.17) is 4.74 Å². The second-order valence-electron chi connectivity index (χ2n) is 6.82. The number of hydrogen-bond acceptors (Lipinski definition) is 3. The van der Waals surface area contributed by atoms with Gasteiger partial charge < -0.3 is 20.3 Å². The largest absolute Gasteiger partial charge is 0.467 e. The number of urea groups is 1. The Kier molecular flexibility index (Phi) is 4.43. The van der Waals surface area contributed by atoms with E-state index in [-0.39, 0.29) is 17.8 Å². The fraction of sp³-hybridized carbons (Fsp3) is 0.300. The molecule has 0 atom stereocenters. The highest BCUT2D eigenvalue weighted by molar-refractivity contribution is 5.98. The first-order valence-electron chi connectivity index (χ1n) is 8.92. The lowest BCUT2D eigenvalue weighted by atomic mass is 9.97. The zero-order chi connectivity index (χ0) is 18.9. The molecule has 2 aromatic carbocycles. The Morgan fingerprint density at radius 1 is 1.15 bits per heavy atom. The Morgan fingerprint density at radius 2 is 1.85 bits per heavy atom. The molecule has 2 aliphatic heterocycles. The predicted octanol–water partition coefficient (Wildman–Crippen LogP) is 2.65. The van der Waals surface area contributed by atoms with Crippen LogP contribution in [0.4, 0.5) is 9.18 Å². The SMILES string of the molecule is O=C1NC2(CCN(C(=O)NCc3ccc(F)cc3)CC2)Oc2ccccc21. The van der Waals surface area contributed by atoms with Crippen molar-refractivity contribution in [2.45, 2.75) is 25.1 Å². The highest BCUT2D eigenvalue weighted by Gasteiger charge is 2.43. The van der Waals surface area contributed by atoms with Crippen LogP contribution in [-0.4, -0.2) is 35.7 Å². The minimum absolute atomic E-state index is 0.147. The average molecular weight is 369 g/mol. The Balaban J connectivity index is 1.34. The van der Waals surface area contributed by atoms with Crippen molar-refractivity contribution >= 4 is 11.9 Å². The molecule has 3 amide bonds. The predicted molar refractivity (Wildman–Crippen MR) is 96.7 cm³/mol. The van der Waals surface area contributed by atoms with Gasteiger partial charge in [0.05, 0.1) is 5.56 Å². The minimum atomic E-state index is -0.765. The van der Waals surface area contributed by atoms with Gasteiger partial charge >= 0.3 is 6.03 Å². The summed E-state index contributed by atoms with van der Waals surface area (Å²) in [5, 5.41) is 5.80. The third kappa shape index (κ3) is 3.58. The van der Waals surface area contributed by atoms with E-state index in [2.05, 4.69) is 10.6 Å². The monoisotopic (exact) mass is 369 g/mol. The molecule has 4 rings (SSSR count). The molecule has 1 fully saturated rings. The van der Waals surface area contributed by atoms with Crippen LogP contribution >= 0.6 is 0 Å². The number of amides is 3.